The first kappa shape index (κ1) is 25.4. The molecule has 6 N–H and O–H groups in total. The number of phenolic OH excluding ortho intramolecular Hbond substituents is 2. The van der Waals surface area contributed by atoms with Crippen LogP contribution in [-0.4, -0.2) is 67.9 Å². The lowest BCUT2D eigenvalue weighted by atomic mass is 9.72. The van der Waals surface area contributed by atoms with Gasteiger partial charge >= 0.3 is 0 Å². The molecule has 6 atom stereocenters. The number of ether oxygens (including phenoxy) is 2. The van der Waals surface area contributed by atoms with Gasteiger partial charge in [-0.05, 0) is 19.9 Å². The Bertz CT molecular complexity index is 1350. The van der Waals surface area contributed by atoms with Gasteiger partial charge in [-0.1, -0.05) is 12.1 Å². The zero-order valence-electron chi connectivity index (χ0n) is 20.0. The first-order chi connectivity index (χ1) is 17.4. The largest absolute Gasteiger partial charge is 0.507 e. The summed E-state index contributed by atoms with van der Waals surface area (Å²) in [6.45, 7) is 2.73. The Morgan fingerprint density at radius 1 is 1.16 bits per heavy atom. The molecule has 6 unspecified atom stereocenters. The van der Waals surface area contributed by atoms with E-state index in [-0.39, 0.29) is 29.5 Å². The highest BCUT2D eigenvalue weighted by Crippen LogP contribution is 2.52. The molecule has 0 saturated carbocycles. The van der Waals surface area contributed by atoms with Gasteiger partial charge in [-0.3, -0.25) is 14.4 Å². The van der Waals surface area contributed by atoms with Crippen LogP contribution in [0, 0.1) is 5.82 Å². The van der Waals surface area contributed by atoms with E-state index in [2.05, 4.69) is 0 Å². The summed E-state index contributed by atoms with van der Waals surface area (Å²) in [6.07, 6.45) is -4.82. The van der Waals surface area contributed by atoms with Crippen LogP contribution in [0.4, 0.5) is 4.39 Å². The number of carbonyl (C=O) groups excluding carboxylic acids is 3. The summed E-state index contributed by atoms with van der Waals surface area (Å²) in [5.74, 6) is -4.94. The van der Waals surface area contributed by atoms with Gasteiger partial charge in [-0.25, -0.2) is 4.39 Å². The van der Waals surface area contributed by atoms with Crippen molar-refractivity contribution in [2.24, 2.45) is 5.73 Å². The highest BCUT2D eigenvalue weighted by molar-refractivity contribution is 6.30. The average Bonchev–Trinajstić information content (AvgIpc) is 2.82. The Morgan fingerprint density at radius 3 is 2.49 bits per heavy atom. The molecule has 1 fully saturated rings. The van der Waals surface area contributed by atoms with Crippen LogP contribution in [0.2, 0.25) is 0 Å². The molecule has 2 aromatic rings. The van der Waals surface area contributed by atoms with E-state index in [0.29, 0.717) is 0 Å². The van der Waals surface area contributed by atoms with Crippen molar-refractivity contribution in [3.05, 3.63) is 57.4 Å². The predicted molar refractivity (Wildman–Crippen MR) is 124 cm³/mol. The van der Waals surface area contributed by atoms with Crippen molar-refractivity contribution < 1.29 is 48.7 Å². The second kappa shape index (κ2) is 8.67. The molecule has 0 bridgehead atoms. The molecular weight excluding hydrogens is 489 g/mol. The molecule has 0 amide bonds. The molecule has 0 radical (unpaired) electrons. The molecule has 0 aromatic heterocycles. The number of halogens is 1. The van der Waals surface area contributed by atoms with E-state index in [4.69, 9.17) is 15.2 Å². The SMILES string of the molecule is CC(=O)C1(O)Cc2c(O)c3c(c(O)c2C(OC2CC(N)C(O)C(C)O2)C1)C(=O)c1c(F)cccc1C3=O. The second-order valence-corrected chi connectivity index (χ2v) is 9.91. The highest BCUT2D eigenvalue weighted by atomic mass is 19.1. The number of carbonyl (C=O) groups is 3. The summed E-state index contributed by atoms with van der Waals surface area (Å²) >= 11 is 0. The van der Waals surface area contributed by atoms with Gasteiger partial charge in [0.1, 0.15) is 22.9 Å². The number of aliphatic hydroxyl groups excluding tert-OH is 1. The minimum atomic E-state index is -2.04. The van der Waals surface area contributed by atoms with Gasteiger partial charge < -0.3 is 35.6 Å². The van der Waals surface area contributed by atoms with E-state index in [0.717, 1.165) is 13.0 Å². The molecular formula is C26H26FNO9. The Balaban J connectivity index is 1.68. The summed E-state index contributed by atoms with van der Waals surface area (Å²) < 4.78 is 26.3. The van der Waals surface area contributed by atoms with Crippen LogP contribution in [0.25, 0.3) is 0 Å². The molecule has 5 rings (SSSR count). The third-order valence-corrected chi connectivity index (χ3v) is 7.57. The van der Waals surface area contributed by atoms with Gasteiger partial charge in [0, 0.05) is 42.0 Å². The van der Waals surface area contributed by atoms with Crippen LogP contribution in [-0.2, 0) is 20.7 Å². The molecule has 1 aliphatic heterocycles. The van der Waals surface area contributed by atoms with Crippen molar-refractivity contribution in [2.75, 3.05) is 0 Å². The molecule has 1 saturated heterocycles. The predicted octanol–water partition coefficient (Wildman–Crippen LogP) is 1.16. The molecule has 11 heteroatoms. The van der Waals surface area contributed by atoms with E-state index in [1.54, 1.807) is 6.92 Å². The maximum Gasteiger partial charge on any atom is 0.201 e. The third kappa shape index (κ3) is 3.77. The number of benzene rings is 2. The number of rotatable bonds is 3. The van der Waals surface area contributed by atoms with Crippen LogP contribution < -0.4 is 5.73 Å². The van der Waals surface area contributed by atoms with Gasteiger partial charge in [0.05, 0.1) is 35.0 Å². The number of aromatic hydroxyl groups is 2. The Hall–Kier alpha value is -3.22. The lowest BCUT2D eigenvalue weighted by Crippen LogP contribution is -2.52. The number of aliphatic hydroxyl groups is 2. The first-order valence-corrected chi connectivity index (χ1v) is 11.8. The number of ketones is 3. The Kier molecular flexibility index (Phi) is 5.96. The summed E-state index contributed by atoms with van der Waals surface area (Å²) in [7, 11) is 0. The zero-order chi connectivity index (χ0) is 27.0. The fraction of sp³-hybridized carbons (Fsp3) is 0.423. The van der Waals surface area contributed by atoms with E-state index in [1.807, 2.05) is 0 Å². The van der Waals surface area contributed by atoms with Crippen molar-refractivity contribution in [3.63, 3.8) is 0 Å². The smallest absolute Gasteiger partial charge is 0.201 e. The average molecular weight is 515 g/mol. The van der Waals surface area contributed by atoms with Gasteiger partial charge in [0.25, 0.3) is 0 Å². The van der Waals surface area contributed by atoms with Crippen molar-refractivity contribution in [3.8, 4) is 11.5 Å². The lowest BCUT2D eigenvalue weighted by molar-refractivity contribution is -0.247. The minimum Gasteiger partial charge on any atom is -0.507 e. The molecule has 10 nitrogen and oxygen atoms in total. The fourth-order valence-electron chi connectivity index (χ4n) is 5.48. The van der Waals surface area contributed by atoms with Gasteiger partial charge in [-0.2, -0.15) is 0 Å². The molecule has 37 heavy (non-hydrogen) atoms. The molecule has 3 aliphatic rings. The van der Waals surface area contributed by atoms with Crippen LogP contribution in [0.3, 0.4) is 0 Å². The molecule has 1 heterocycles. The molecule has 0 spiro atoms. The highest BCUT2D eigenvalue weighted by Gasteiger charge is 2.49. The van der Waals surface area contributed by atoms with Crippen molar-refractivity contribution in [1.29, 1.82) is 0 Å². The zero-order valence-corrected chi connectivity index (χ0v) is 20.0. The van der Waals surface area contributed by atoms with Crippen LogP contribution in [0.1, 0.15) is 75.8 Å². The standard InChI is InChI=1S/C26H26FNO9/c1-9-21(30)14(28)6-16(36-9)37-15-8-26(35,10(2)29)7-12-18(15)25(34)20-19(23(12)32)22(31)11-4-3-5-13(27)17(11)24(20)33/h3-5,9,14-16,21,30,32,34-35H,6-8,28H2,1-2H3. The number of nitrogens with two attached hydrogens (primary N) is 1. The summed E-state index contributed by atoms with van der Waals surface area (Å²) in [6, 6.07) is 2.76. The maximum absolute atomic E-state index is 14.6. The first-order valence-electron chi connectivity index (χ1n) is 11.8. The minimum absolute atomic E-state index is 0.0313. The van der Waals surface area contributed by atoms with Gasteiger partial charge in [0.15, 0.2) is 17.9 Å². The van der Waals surface area contributed by atoms with Crippen molar-refractivity contribution >= 4 is 17.3 Å². The third-order valence-electron chi connectivity index (χ3n) is 7.57. The lowest BCUT2D eigenvalue weighted by Gasteiger charge is -2.42. The maximum atomic E-state index is 14.6. The number of hydrogen-bond donors (Lipinski definition) is 5. The van der Waals surface area contributed by atoms with E-state index in [1.165, 1.54) is 12.1 Å². The van der Waals surface area contributed by atoms with Crippen molar-refractivity contribution in [2.45, 2.75) is 69.4 Å². The quantitative estimate of drug-likeness (QED) is 0.318. The number of Topliss-reactive ketones (excluding diaryl/α,β-unsaturated/α-hetero) is 1. The van der Waals surface area contributed by atoms with Gasteiger partial charge in [0.2, 0.25) is 5.78 Å². The molecule has 196 valence electrons. The molecule has 2 aromatic carbocycles. The van der Waals surface area contributed by atoms with Crippen LogP contribution in [0.15, 0.2) is 18.2 Å². The fourth-order valence-corrected chi connectivity index (χ4v) is 5.48. The summed E-state index contributed by atoms with van der Waals surface area (Å²) in [4.78, 5) is 39.0. The number of fused-ring (bicyclic) bond motifs is 3. The topological polar surface area (TPSA) is 177 Å². The Labute approximate surface area is 210 Å². The summed E-state index contributed by atoms with van der Waals surface area (Å²) in [5, 5.41) is 43.7. The normalized spacial score (nSPS) is 30.9. The van der Waals surface area contributed by atoms with Crippen LogP contribution in [0.5, 0.6) is 11.5 Å². The van der Waals surface area contributed by atoms with E-state index >= 15 is 0 Å². The van der Waals surface area contributed by atoms with Crippen LogP contribution >= 0.6 is 0 Å². The second-order valence-electron chi connectivity index (χ2n) is 9.91. The monoisotopic (exact) mass is 515 g/mol. The van der Waals surface area contributed by atoms with Crippen molar-refractivity contribution in [1.82, 2.24) is 0 Å². The number of hydrogen-bond acceptors (Lipinski definition) is 10. The number of phenols is 2. The van der Waals surface area contributed by atoms with Gasteiger partial charge in [-0.15, -0.1) is 0 Å². The summed E-state index contributed by atoms with van der Waals surface area (Å²) in [5.41, 5.74) is 1.71. The Morgan fingerprint density at radius 2 is 1.84 bits per heavy atom. The molecule has 2 aliphatic carbocycles. The van der Waals surface area contributed by atoms with E-state index < -0.39 is 94.0 Å². The van der Waals surface area contributed by atoms with E-state index in [9.17, 15) is 39.2 Å².